The van der Waals surface area contributed by atoms with Crippen LogP contribution in [0.5, 0.6) is 0 Å². The fourth-order valence-electron chi connectivity index (χ4n) is 1.24. The summed E-state index contributed by atoms with van der Waals surface area (Å²) in [4.78, 5) is 11.4. The second-order valence-corrected chi connectivity index (χ2v) is 4.14. The van der Waals surface area contributed by atoms with Gasteiger partial charge in [-0.05, 0) is 12.8 Å². The van der Waals surface area contributed by atoms with Crippen LogP contribution >= 0.6 is 0 Å². The molecule has 0 bridgehead atoms. The Hall–Kier alpha value is -1.34. The van der Waals surface area contributed by atoms with Crippen molar-refractivity contribution in [1.29, 1.82) is 5.41 Å². The quantitative estimate of drug-likeness (QED) is 0.190. The molecular formula is C12H26N4O3. The van der Waals surface area contributed by atoms with Crippen molar-refractivity contribution < 1.29 is 14.3 Å². The Balaban J connectivity index is 3.58. The molecule has 0 aliphatic heterocycles. The van der Waals surface area contributed by atoms with Gasteiger partial charge in [-0.3, -0.25) is 10.2 Å². The van der Waals surface area contributed by atoms with Gasteiger partial charge in [-0.15, -0.1) is 0 Å². The Labute approximate surface area is 114 Å². The van der Waals surface area contributed by atoms with E-state index in [-0.39, 0.29) is 11.9 Å². The fourth-order valence-corrected chi connectivity index (χ4v) is 1.24. The van der Waals surface area contributed by atoms with Crippen LogP contribution in [0.2, 0.25) is 0 Å². The van der Waals surface area contributed by atoms with Crippen molar-refractivity contribution in [1.82, 2.24) is 10.6 Å². The van der Waals surface area contributed by atoms with E-state index in [1.54, 1.807) is 7.11 Å². The lowest BCUT2D eigenvalue weighted by molar-refractivity contribution is -0.145. The van der Waals surface area contributed by atoms with E-state index in [0.29, 0.717) is 32.7 Å². The second kappa shape index (κ2) is 11.7. The maximum Gasteiger partial charge on any atom is 0.322 e. The van der Waals surface area contributed by atoms with E-state index in [1.807, 2.05) is 6.92 Å². The first kappa shape index (κ1) is 17.7. The van der Waals surface area contributed by atoms with Crippen molar-refractivity contribution in [3.05, 3.63) is 0 Å². The van der Waals surface area contributed by atoms with Gasteiger partial charge in [0.15, 0.2) is 5.96 Å². The van der Waals surface area contributed by atoms with Gasteiger partial charge in [-0.1, -0.05) is 13.3 Å². The van der Waals surface area contributed by atoms with Gasteiger partial charge in [0, 0.05) is 20.2 Å². The first-order chi connectivity index (χ1) is 9.11. The lowest BCUT2D eigenvalue weighted by atomic mass is 10.2. The maximum atomic E-state index is 11.4. The highest BCUT2D eigenvalue weighted by Gasteiger charge is 2.14. The Kier molecular flexibility index (Phi) is 10.9. The summed E-state index contributed by atoms with van der Waals surface area (Å²) in [7, 11) is 1.60. The molecule has 0 aliphatic rings. The standard InChI is InChI=1S/C12H26N4O3/c1-3-4-8-19-11(17)10(13)5-6-15-12(14)16-7-9-18-2/h10H,3-9,13H2,1-2H3,(H3,14,15,16)/t10-/m0/s1. The van der Waals surface area contributed by atoms with Gasteiger partial charge in [0.05, 0.1) is 13.2 Å². The van der Waals surface area contributed by atoms with Crippen molar-refractivity contribution in [2.24, 2.45) is 5.73 Å². The zero-order valence-electron chi connectivity index (χ0n) is 11.8. The van der Waals surface area contributed by atoms with E-state index in [1.165, 1.54) is 0 Å². The number of hydrogen-bond donors (Lipinski definition) is 4. The van der Waals surface area contributed by atoms with E-state index in [4.69, 9.17) is 20.6 Å². The molecule has 0 saturated heterocycles. The summed E-state index contributed by atoms with van der Waals surface area (Å²) in [5.74, 6) is -0.183. The van der Waals surface area contributed by atoms with E-state index in [9.17, 15) is 4.79 Å². The summed E-state index contributed by atoms with van der Waals surface area (Å²) >= 11 is 0. The number of ether oxygens (including phenoxy) is 2. The Morgan fingerprint density at radius 3 is 2.63 bits per heavy atom. The Morgan fingerprint density at radius 2 is 2.00 bits per heavy atom. The van der Waals surface area contributed by atoms with Crippen LogP contribution in [0.4, 0.5) is 0 Å². The number of rotatable bonds is 10. The molecule has 0 aromatic rings. The van der Waals surface area contributed by atoms with Crippen LogP contribution in [0, 0.1) is 5.41 Å². The number of hydrogen-bond acceptors (Lipinski definition) is 5. The van der Waals surface area contributed by atoms with Crippen molar-refractivity contribution >= 4 is 11.9 Å². The third-order valence-corrected chi connectivity index (χ3v) is 2.41. The summed E-state index contributed by atoms with van der Waals surface area (Å²) in [6.45, 7) is 3.99. The minimum absolute atomic E-state index is 0.198. The van der Waals surface area contributed by atoms with Crippen molar-refractivity contribution in [2.75, 3.05) is 33.4 Å². The maximum absolute atomic E-state index is 11.4. The summed E-state index contributed by atoms with van der Waals surface area (Å²) in [6.07, 6.45) is 2.26. The first-order valence-corrected chi connectivity index (χ1v) is 6.59. The van der Waals surface area contributed by atoms with E-state index in [0.717, 1.165) is 12.8 Å². The van der Waals surface area contributed by atoms with Gasteiger partial charge in [0.25, 0.3) is 0 Å². The third kappa shape index (κ3) is 10.3. The molecule has 0 radical (unpaired) electrons. The molecule has 0 fully saturated rings. The zero-order chi connectivity index (χ0) is 14.5. The first-order valence-electron chi connectivity index (χ1n) is 6.59. The van der Waals surface area contributed by atoms with Gasteiger partial charge in [0.2, 0.25) is 0 Å². The van der Waals surface area contributed by atoms with E-state index in [2.05, 4.69) is 10.6 Å². The molecule has 0 aliphatic carbocycles. The van der Waals surface area contributed by atoms with Crippen molar-refractivity contribution in [3.8, 4) is 0 Å². The van der Waals surface area contributed by atoms with Crippen LogP contribution in [0.3, 0.4) is 0 Å². The van der Waals surface area contributed by atoms with Crippen LogP contribution in [-0.4, -0.2) is 51.4 Å². The average molecular weight is 274 g/mol. The number of nitrogens with two attached hydrogens (primary N) is 1. The predicted octanol–water partition coefficient (Wildman–Crippen LogP) is -0.193. The number of nitrogens with one attached hydrogen (secondary N) is 3. The zero-order valence-corrected chi connectivity index (χ0v) is 11.8. The average Bonchev–Trinajstić information content (AvgIpc) is 2.39. The molecule has 0 spiro atoms. The van der Waals surface area contributed by atoms with Gasteiger partial charge < -0.3 is 25.8 Å². The Bertz CT molecular complexity index is 261. The number of esters is 1. The van der Waals surface area contributed by atoms with E-state index < -0.39 is 6.04 Å². The summed E-state index contributed by atoms with van der Waals surface area (Å²) < 4.78 is 9.85. The monoisotopic (exact) mass is 274 g/mol. The number of unbranched alkanes of at least 4 members (excludes halogenated alkanes) is 1. The molecule has 0 aromatic heterocycles. The van der Waals surface area contributed by atoms with Gasteiger partial charge in [-0.25, -0.2) is 0 Å². The number of guanidine groups is 1. The van der Waals surface area contributed by atoms with Crippen LogP contribution < -0.4 is 16.4 Å². The van der Waals surface area contributed by atoms with Gasteiger partial charge >= 0.3 is 5.97 Å². The highest BCUT2D eigenvalue weighted by molar-refractivity contribution is 5.77. The molecule has 1 atom stereocenters. The van der Waals surface area contributed by atoms with Crippen molar-refractivity contribution in [2.45, 2.75) is 32.2 Å². The molecule has 7 nitrogen and oxygen atoms in total. The topological polar surface area (TPSA) is 109 Å². The summed E-state index contributed by atoms with van der Waals surface area (Å²) in [5.41, 5.74) is 5.68. The molecular weight excluding hydrogens is 248 g/mol. The number of carbonyl (C=O) groups excluding carboxylic acids is 1. The largest absolute Gasteiger partial charge is 0.465 e. The molecule has 0 saturated carbocycles. The number of methoxy groups -OCH3 is 1. The summed E-state index contributed by atoms with van der Waals surface area (Å²) in [5, 5.41) is 13.2. The highest BCUT2D eigenvalue weighted by atomic mass is 16.5. The molecule has 7 heteroatoms. The van der Waals surface area contributed by atoms with Gasteiger partial charge in [0.1, 0.15) is 6.04 Å². The summed E-state index contributed by atoms with van der Waals surface area (Å²) in [6, 6.07) is -0.642. The molecule has 0 heterocycles. The smallest absolute Gasteiger partial charge is 0.322 e. The number of carbonyl (C=O) groups is 1. The molecule has 0 amide bonds. The van der Waals surface area contributed by atoms with Crippen LogP contribution in [-0.2, 0) is 14.3 Å². The van der Waals surface area contributed by atoms with Crippen LogP contribution in [0.15, 0.2) is 0 Å². The minimum Gasteiger partial charge on any atom is -0.465 e. The molecule has 0 aromatic carbocycles. The Morgan fingerprint density at radius 1 is 1.32 bits per heavy atom. The SMILES string of the molecule is CCCCOC(=O)[C@@H](N)CCNC(=N)NCCOC. The van der Waals surface area contributed by atoms with Crippen LogP contribution in [0.25, 0.3) is 0 Å². The fraction of sp³-hybridized carbons (Fsp3) is 0.833. The van der Waals surface area contributed by atoms with Crippen LogP contribution in [0.1, 0.15) is 26.2 Å². The van der Waals surface area contributed by atoms with Gasteiger partial charge in [-0.2, -0.15) is 0 Å². The normalized spacial score (nSPS) is 11.7. The van der Waals surface area contributed by atoms with Crippen molar-refractivity contribution in [3.63, 3.8) is 0 Å². The molecule has 0 unspecified atom stereocenters. The molecule has 112 valence electrons. The minimum atomic E-state index is -0.642. The predicted molar refractivity (Wildman–Crippen MR) is 74.1 cm³/mol. The van der Waals surface area contributed by atoms with E-state index >= 15 is 0 Å². The molecule has 19 heavy (non-hydrogen) atoms. The molecule has 5 N–H and O–H groups in total. The third-order valence-electron chi connectivity index (χ3n) is 2.41. The highest BCUT2D eigenvalue weighted by Crippen LogP contribution is 1.94. The lowest BCUT2D eigenvalue weighted by Gasteiger charge is -2.13. The molecule has 0 rings (SSSR count). The second-order valence-electron chi connectivity index (χ2n) is 4.14. The lowest BCUT2D eigenvalue weighted by Crippen LogP contribution is -2.41.